The zero-order chi connectivity index (χ0) is 13.5. The van der Waals surface area contributed by atoms with E-state index in [-0.39, 0.29) is 23.7 Å². The first-order valence-corrected chi connectivity index (χ1v) is 7.87. The Hall–Kier alpha value is -0.260. The van der Waals surface area contributed by atoms with Gasteiger partial charge in [-0.3, -0.25) is 4.79 Å². The van der Waals surface area contributed by atoms with E-state index in [9.17, 15) is 4.79 Å². The van der Waals surface area contributed by atoms with Crippen LogP contribution in [0.25, 0.3) is 0 Å². The lowest BCUT2D eigenvalue weighted by Crippen LogP contribution is -2.50. The van der Waals surface area contributed by atoms with Crippen LogP contribution in [-0.4, -0.2) is 71.1 Å². The van der Waals surface area contributed by atoms with E-state index in [0.717, 1.165) is 38.5 Å². The van der Waals surface area contributed by atoms with Crippen molar-refractivity contribution in [2.45, 2.75) is 26.0 Å². The molecular formula is C13H26N2O2S. The Kier molecular flexibility index (Phi) is 7.04. The molecule has 0 radical (unpaired) electrons. The molecule has 0 aromatic carbocycles. The number of amides is 1. The highest BCUT2D eigenvalue weighted by Crippen LogP contribution is 2.17. The van der Waals surface area contributed by atoms with Crippen LogP contribution in [0.3, 0.4) is 0 Å². The minimum Gasteiger partial charge on any atom is -0.396 e. The van der Waals surface area contributed by atoms with Crippen LogP contribution in [0.1, 0.15) is 20.8 Å². The van der Waals surface area contributed by atoms with Crippen LogP contribution in [0.5, 0.6) is 0 Å². The summed E-state index contributed by atoms with van der Waals surface area (Å²) in [6, 6.07) is 0. The van der Waals surface area contributed by atoms with Crippen LogP contribution < -0.4 is 0 Å². The number of likely N-dealkylation sites (N-methyl/N-ethyl adjacent to an activating group) is 1. The Labute approximate surface area is 115 Å². The lowest BCUT2D eigenvalue weighted by molar-refractivity contribution is -0.132. The van der Waals surface area contributed by atoms with Gasteiger partial charge in [-0.2, -0.15) is 0 Å². The Bertz CT molecular complexity index is 255. The summed E-state index contributed by atoms with van der Waals surface area (Å²) in [5.74, 6) is 1.36. The third-order valence-corrected chi connectivity index (χ3v) is 4.88. The van der Waals surface area contributed by atoms with Gasteiger partial charge in [0, 0.05) is 32.8 Å². The topological polar surface area (TPSA) is 43.8 Å². The van der Waals surface area contributed by atoms with E-state index < -0.39 is 0 Å². The molecule has 1 aliphatic heterocycles. The van der Waals surface area contributed by atoms with Crippen LogP contribution in [0.2, 0.25) is 0 Å². The van der Waals surface area contributed by atoms with E-state index in [0.29, 0.717) is 0 Å². The van der Waals surface area contributed by atoms with Gasteiger partial charge in [-0.25, -0.2) is 0 Å². The van der Waals surface area contributed by atoms with E-state index in [1.54, 1.807) is 11.8 Å². The molecule has 4 nitrogen and oxygen atoms in total. The monoisotopic (exact) mass is 274 g/mol. The standard InChI is InChI=1S/C13H26N2O2S/c1-4-14-5-7-15(8-6-14)13(17)12(3)18-10-11(2)9-16/h11-12,16H,4-10H2,1-3H3. The highest BCUT2D eigenvalue weighted by atomic mass is 32.2. The van der Waals surface area contributed by atoms with Gasteiger partial charge in [0.1, 0.15) is 0 Å². The average Bonchev–Trinajstić information content (AvgIpc) is 2.43. The van der Waals surface area contributed by atoms with E-state index >= 15 is 0 Å². The normalized spacial score (nSPS) is 20.8. The van der Waals surface area contributed by atoms with E-state index in [4.69, 9.17) is 5.11 Å². The summed E-state index contributed by atoms with van der Waals surface area (Å²) >= 11 is 1.65. The second-order valence-corrected chi connectivity index (χ2v) is 6.40. The SMILES string of the molecule is CCN1CCN(C(=O)C(C)SCC(C)CO)CC1. The van der Waals surface area contributed by atoms with Gasteiger partial charge in [0.15, 0.2) is 0 Å². The molecule has 0 aromatic heterocycles. The highest BCUT2D eigenvalue weighted by molar-refractivity contribution is 8.00. The lowest BCUT2D eigenvalue weighted by atomic mass is 10.2. The molecule has 1 rings (SSSR count). The van der Waals surface area contributed by atoms with E-state index in [1.807, 2.05) is 18.7 Å². The van der Waals surface area contributed by atoms with Crippen LogP contribution in [0.4, 0.5) is 0 Å². The van der Waals surface area contributed by atoms with Crippen LogP contribution in [0.15, 0.2) is 0 Å². The number of hydrogen-bond donors (Lipinski definition) is 1. The Balaban J connectivity index is 2.31. The zero-order valence-electron chi connectivity index (χ0n) is 11.8. The van der Waals surface area contributed by atoms with Gasteiger partial charge in [0.05, 0.1) is 5.25 Å². The fourth-order valence-corrected chi connectivity index (χ4v) is 2.99. The molecule has 1 amide bonds. The molecule has 5 heteroatoms. The van der Waals surface area contributed by atoms with Crippen molar-refractivity contribution < 1.29 is 9.90 Å². The molecule has 18 heavy (non-hydrogen) atoms. The number of carbonyl (C=O) groups excluding carboxylic acids is 1. The molecular weight excluding hydrogens is 248 g/mol. The number of aliphatic hydroxyl groups is 1. The van der Waals surface area contributed by atoms with E-state index in [2.05, 4.69) is 11.8 Å². The summed E-state index contributed by atoms with van der Waals surface area (Å²) < 4.78 is 0. The number of piperazine rings is 1. The van der Waals surface area contributed by atoms with Crippen molar-refractivity contribution in [1.29, 1.82) is 0 Å². The van der Waals surface area contributed by atoms with Crippen LogP contribution in [-0.2, 0) is 4.79 Å². The van der Waals surface area contributed by atoms with Crippen molar-refractivity contribution in [3.05, 3.63) is 0 Å². The van der Waals surface area contributed by atoms with E-state index in [1.165, 1.54) is 0 Å². The average molecular weight is 274 g/mol. The summed E-state index contributed by atoms with van der Waals surface area (Å²) in [4.78, 5) is 16.6. The number of nitrogens with zero attached hydrogens (tertiary/aromatic N) is 2. The van der Waals surface area contributed by atoms with Crippen molar-refractivity contribution in [3.63, 3.8) is 0 Å². The molecule has 0 saturated carbocycles. The van der Waals surface area contributed by atoms with Gasteiger partial charge >= 0.3 is 0 Å². The molecule has 2 unspecified atom stereocenters. The first kappa shape index (κ1) is 15.8. The molecule has 0 spiro atoms. The van der Waals surface area contributed by atoms with Gasteiger partial charge in [0.2, 0.25) is 5.91 Å². The summed E-state index contributed by atoms with van der Waals surface area (Å²) in [7, 11) is 0. The quantitative estimate of drug-likeness (QED) is 0.781. The van der Waals surface area contributed by atoms with Gasteiger partial charge in [-0.05, 0) is 25.1 Å². The van der Waals surface area contributed by atoms with Gasteiger partial charge in [-0.1, -0.05) is 13.8 Å². The number of thioether (sulfide) groups is 1. The Morgan fingerprint density at radius 2 is 1.89 bits per heavy atom. The van der Waals surface area contributed by atoms with Gasteiger partial charge in [-0.15, -0.1) is 11.8 Å². The van der Waals surface area contributed by atoms with Crippen molar-refractivity contribution in [1.82, 2.24) is 9.80 Å². The fraction of sp³-hybridized carbons (Fsp3) is 0.923. The number of hydrogen-bond acceptors (Lipinski definition) is 4. The van der Waals surface area contributed by atoms with Gasteiger partial charge < -0.3 is 14.9 Å². The zero-order valence-corrected chi connectivity index (χ0v) is 12.6. The van der Waals surface area contributed by atoms with Gasteiger partial charge in [0.25, 0.3) is 0 Å². The lowest BCUT2D eigenvalue weighted by Gasteiger charge is -2.35. The largest absolute Gasteiger partial charge is 0.396 e. The van der Waals surface area contributed by atoms with Crippen molar-refractivity contribution in [3.8, 4) is 0 Å². The summed E-state index contributed by atoms with van der Waals surface area (Å²) in [6.07, 6.45) is 0. The molecule has 1 N–H and O–H groups in total. The molecule has 0 aromatic rings. The maximum atomic E-state index is 12.2. The maximum absolute atomic E-state index is 12.2. The minimum absolute atomic E-state index is 0.00664. The molecule has 1 heterocycles. The number of rotatable bonds is 6. The van der Waals surface area contributed by atoms with Crippen molar-refractivity contribution >= 4 is 17.7 Å². The maximum Gasteiger partial charge on any atom is 0.235 e. The molecule has 106 valence electrons. The second kappa shape index (κ2) is 8.02. The predicted octanol–water partition coefficient (Wildman–Crippen LogP) is 0.901. The van der Waals surface area contributed by atoms with Crippen LogP contribution >= 0.6 is 11.8 Å². The molecule has 2 atom stereocenters. The first-order valence-electron chi connectivity index (χ1n) is 6.82. The Morgan fingerprint density at radius 1 is 1.28 bits per heavy atom. The minimum atomic E-state index is 0.00664. The highest BCUT2D eigenvalue weighted by Gasteiger charge is 2.24. The Morgan fingerprint density at radius 3 is 2.39 bits per heavy atom. The molecule has 0 bridgehead atoms. The van der Waals surface area contributed by atoms with Crippen molar-refractivity contribution in [2.24, 2.45) is 5.92 Å². The second-order valence-electron chi connectivity index (χ2n) is 5.02. The number of carbonyl (C=O) groups is 1. The third kappa shape index (κ3) is 4.78. The van der Waals surface area contributed by atoms with Crippen molar-refractivity contribution in [2.75, 3.05) is 45.1 Å². The number of aliphatic hydroxyl groups excluding tert-OH is 1. The smallest absolute Gasteiger partial charge is 0.235 e. The predicted molar refractivity (Wildman–Crippen MR) is 76.9 cm³/mol. The molecule has 1 fully saturated rings. The first-order chi connectivity index (χ1) is 8.58. The fourth-order valence-electron chi connectivity index (χ4n) is 1.97. The molecule has 1 aliphatic rings. The summed E-state index contributed by atoms with van der Waals surface area (Å²) in [5, 5.41) is 8.98. The summed E-state index contributed by atoms with van der Waals surface area (Å²) in [5.41, 5.74) is 0. The van der Waals surface area contributed by atoms with Crippen LogP contribution in [0, 0.1) is 5.92 Å². The third-order valence-electron chi connectivity index (χ3n) is 3.42. The molecule has 1 saturated heterocycles. The molecule has 0 aliphatic carbocycles. The summed E-state index contributed by atoms with van der Waals surface area (Å²) in [6.45, 7) is 11.1.